The van der Waals surface area contributed by atoms with Gasteiger partial charge in [-0.25, -0.2) is 4.79 Å². The highest BCUT2D eigenvalue weighted by molar-refractivity contribution is 5.99. The van der Waals surface area contributed by atoms with Crippen LogP contribution in [-0.2, 0) is 17.6 Å². The lowest BCUT2D eigenvalue weighted by molar-refractivity contribution is -0.140. The second kappa shape index (κ2) is 4.37. The van der Waals surface area contributed by atoms with Gasteiger partial charge in [-0.15, -0.1) is 0 Å². The highest BCUT2D eigenvalue weighted by Crippen LogP contribution is 2.36. The van der Waals surface area contributed by atoms with Crippen molar-refractivity contribution in [3.63, 3.8) is 0 Å². The van der Waals surface area contributed by atoms with Crippen LogP contribution in [0, 0.1) is 0 Å². The molecule has 4 heteroatoms. The number of aliphatic carboxylic acids is 1. The summed E-state index contributed by atoms with van der Waals surface area (Å²) in [4.78, 5) is 23.2. The summed E-state index contributed by atoms with van der Waals surface area (Å²) in [5.41, 5.74) is 2.13. The predicted octanol–water partition coefficient (Wildman–Crippen LogP) is 1.91. The Hall–Kier alpha value is -1.84. The SMILES string of the molecule is O=C(NC1(C(=O)O)CC1)c1ccc2c(c1)CCCC2. The maximum absolute atomic E-state index is 12.1. The molecular formula is C15H17NO3. The van der Waals surface area contributed by atoms with Crippen molar-refractivity contribution in [3.05, 3.63) is 34.9 Å². The van der Waals surface area contributed by atoms with E-state index in [9.17, 15) is 9.59 Å². The summed E-state index contributed by atoms with van der Waals surface area (Å²) >= 11 is 0. The molecule has 2 aliphatic rings. The first-order chi connectivity index (χ1) is 9.11. The van der Waals surface area contributed by atoms with Gasteiger partial charge in [0.25, 0.3) is 5.91 Å². The number of benzene rings is 1. The fraction of sp³-hybridized carbons (Fsp3) is 0.467. The minimum absolute atomic E-state index is 0.270. The van der Waals surface area contributed by atoms with E-state index >= 15 is 0 Å². The summed E-state index contributed by atoms with van der Waals surface area (Å²) in [6, 6.07) is 5.73. The summed E-state index contributed by atoms with van der Waals surface area (Å²) in [6.45, 7) is 0. The molecule has 1 aromatic rings. The zero-order chi connectivity index (χ0) is 13.5. The number of aryl methyl sites for hydroxylation is 2. The van der Waals surface area contributed by atoms with Gasteiger partial charge in [0, 0.05) is 5.56 Å². The van der Waals surface area contributed by atoms with Crippen LogP contribution in [0.25, 0.3) is 0 Å². The first kappa shape index (κ1) is 12.2. The summed E-state index contributed by atoms with van der Waals surface area (Å²) in [5, 5.41) is 11.7. The molecule has 1 fully saturated rings. The smallest absolute Gasteiger partial charge is 0.329 e. The van der Waals surface area contributed by atoms with Crippen molar-refractivity contribution in [2.24, 2.45) is 0 Å². The van der Waals surface area contributed by atoms with Crippen molar-refractivity contribution in [1.82, 2.24) is 5.32 Å². The van der Waals surface area contributed by atoms with Gasteiger partial charge in [-0.3, -0.25) is 4.79 Å². The third-order valence-corrected chi connectivity index (χ3v) is 4.12. The molecule has 1 amide bonds. The van der Waals surface area contributed by atoms with Crippen LogP contribution in [0.15, 0.2) is 18.2 Å². The molecule has 0 spiro atoms. The van der Waals surface area contributed by atoms with Crippen molar-refractivity contribution in [1.29, 1.82) is 0 Å². The Bertz CT molecular complexity index is 546. The molecule has 4 nitrogen and oxygen atoms in total. The van der Waals surface area contributed by atoms with E-state index in [2.05, 4.69) is 5.32 Å². The van der Waals surface area contributed by atoms with Crippen molar-refractivity contribution >= 4 is 11.9 Å². The quantitative estimate of drug-likeness (QED) is 0.871. The zero-order valence-electron chi connectivity index (χ0n) is 10.7. The molecule has 0 aromatic heterocycles. The Labute approximate surface area is 111 Å². The molecule has 0 aliphatic heterocycles. The Morgan fingerprint density at radius 2 is 1.79 bits per heavy atom. The second-order valence-electron chi connectivity index (χ2n) is 5.53. The van der Waals surface area contributed by atoms with Crippen LogP contribution in [0.2, 0.25) is 0 Å². The normalized spacial score (nSPS) is 19.4. The van der Waals surface area contributed by atoms with E-state index in [1.54, 1.807) is 6.07 Å². The number of fused-ring (bicyclic) bond motifs is 1. The number of hydrogen-bond donors (Lipinski definition) is 2. The van der Waals surface area contributed by atoms with Crippen LogP contribution in [0.4, 0.5) is 0 Å². The number of nitrogens with one attached hydrogen (secondary N) is 1. The van der Waals surface area contributed by atoms with Crippen molar-refractivity contribution in [2.75, 3.05) is 0 Å². The van der Waals surface area contributed by atoms with Gasteiger partial charge in [-0.1, -0.05) is 6.07 Å². The highest BCUT2D eigenvalue weighted by Gasteiger charge is 2.51. The minimum atomic E-state index is -1.01. The molecular weight excluding hydrogens is 242 g/mol. The highest BCUT2D eigenvalue weighted by atomic mass is 16.4. The fourth-order valence-electron chi connectivity index (χ4n) is 2.68. The van der Waals surface area contributed by atoms with E-state index in [4.69, 9.17) is 5.11 Å². The lowest BCUT2D eigenvalue weighted by Gasteiger charge is -2.17. The van der Waals surface area contributed by atoms with Crippen molar-refractivity contribution < 1.29 is 14.7 Å². The Morgan fingerprint density at radius 3 is 2.42 bits per heavy atom. The topological polar surface area (TPSA) is 66.4 Å². The molecule has 19 heavy (non-hydrogen) atoms. The summed E-state index contributed by atoms with van der Waals surface area (Å²) < 4.78 is 0. The monoisotopic (exact) mass is 259 g/mol. The molecule has 0 unspecified atom stereocenters. The average molecular weight is 259 g/mol. The Morgan fingerprint density at radius 1 is 1.11 bits per heavy atom. The molecule has 2 aliphatic carbocycles. The Balaban J connectivity index is 1.79. The number of rotatable bonds is 3. The second-order valence-corrected chi connectivity index (χ2v) is 5.53. The van der Waals surface area contributed by atoms with Gasteiger partial charge in [0.15, 0.2) is 0 Å². The third-order valence-electron chi connectivity index (χ3n) is 4.12. The van der Waals surface area contributed by atoms with Crippen LogP contribution >= 0.6 is 0 Å². The largest absolute Gasteiger partial charge is 0.480 e. The van der Waals surface area contributed by atoms with E-state index in [0.717, 1.165) is 19.3 Å². The van der Waals surface area contributed by atoms with E-state index in [1.165, 1.54) is 17.5 Å². The standard InChI is InChI=1S/C15H17NO3/c17-13(16-15(7-8-15)14(18)19)12-6-5-10-3-1-2-4-11(10)9-12/h5-6,9H,1-4,7-8H2,(H,16,17)(H,18,19). The molecule has 2 N–H and O–H groups in total. The van der Waals surface area contributed by atoms with E-state index in [1.807, 2.05) is 12.1 Å². The Kier molecular flexibility index (Phi) is 2.81. The molecule has 0 heterocycles. The molecule has 0 bridgehead atoms. The van der Waals surface area contributed by atoms with Crippen LogP contribution in [-0.4, -0.2) is 22.5 Å². The average Bonchev–Trinajstić information content (AvgIpc) is 3.19. The third kappa shape index (κ3) is 2.23. The fourth-order valence-corrected chi connectivity index (χ4v) is 2.68. The van der Waals surface area contributed by atoms with Gasteiger partial charge in [-0.05, 0) is 61.8 Å². The van der Waals surface area contributed by atoms with E-state index in [-0.39, 0.29) is 5.91 Å². The van der Waals surface area contributed by atoms with Crippen LogP contribution in [0.5, 0.6) is 0 Å². The number of hydrogen-bond acceptors (Lipinski definition) is 2. The molecule has 1 saturated carbocycles. The lowest BCUT2D eigenvalue weighted by Crippen LogP contribution is -2.43. The molecule has 100 valence electrons. The van der Waals surface area contributed by atoms with Crippen molar-refractivity contribution in [2.45, 2.75) is 44.1 Å². The van der Waals surface area contributed by atoms with E-state index < -0.39 is 11.5 Å². The van der Waals surface area contributed by atoms with Gasteiger partial charge in [0.1, 0.15) is 5.54 Å². The number of carbonyl (C=O) groups excluding carboxylic acids is 1. The number of amides is 1. The van der Waals surface area contributed by atoms with Gasteiger partial charge in [0.05, 0.1) is 0 Å². The van der Waals surface area contributed by atoms with Gasteiger partial charge >= 0.3 is 5.97 Å². The molecule has 0 radical (unpaired) electrons. The van der Waals surface area contributed by atoms with Gasteiger partial charge < -0.3 is 10.4 Å². The van der Waals surface area contributed by atoms with Gasteiger partial charge in [0.2, 0.25) is 0 Å². The van der Waals surface area contributed by atoms with Crippen molar-refractivity contribution in [3.8, 4) is 0 Å². The summed E-state index contributed by atoms with van der Waals surface area (Å²) in [7, 11) is 0. The number of carboxylic acid groups (broad SMARTS) is 1. The maximum atomic E-state index is 12.1. The van der Waals surface area contributed by atoms with Crippen LogP contribution in [0.1, 0.15) is 47.2 Å². The number of carbonyl (C=O) groups is 2. The van der Waals surface area contributed by atoms with Gasteiger partial charge in [-0.2, -0.15) is 0 Å². The molecule has 1 aromatic carbocycles. The minimum Gasteiger partial charge on any atom is -0.480 e. The maximum Gasteiger partial charge on any atom is 0.329 e. The van der Waals surface area contributed by atoms with E-state index in [0.29, 0.717) is 18.4 Å². The predicted molar refractivity (Wildman–Crippen MR) is 70.2 cm³/mol. The molecule has 3 rings (SSSR count). The first-order valence-corrected chi connectivity index (χ1v) is 6.78. The van der Waals surface area contributed by atoms with Crippen LogP contribution < -0.4 is 5.32 Å². The van der Waals surface area contributed by atoms with Crippen LogP contribution in [0.3, 0.4) is 0 Å². The molecule has 0 saturated heterocycles. The first-order valence-electron chi connectivity index (χ1n) is 6.78. The number of carboxylic acids is 1. The molecule has 0 atom stereocenters. The lowest BCUT2D eigenvalue weighted by atomic mass is 9.90. The summed E-state index contributed by atoms with van der Waals surface area (Å²) in [5.74, 6) is -1.20. The zero-order valence-corrected chi connectivity index (χ0v) is 10.7. The summed E-state index contributed by atoms with van der Waals surface area (Å²) in [6.07, 6.45) is 5.52.